The van der Waals surface area contributed by atoms with E-state index >= 15 is 0 Å². The average molecular weight is 679 g/mol. The van der Waals surface area contributed by atoms with Gasteiger partial charge in [-0.05, 0) is 76.9 Å². The van der Waals surface area contributed by atoms with Gasteiger partial charge in [-0.3, -0.25) is 9.59 Å². The normalized spacial score (nSPS) is 12.6. The topological polar surface area (TPSA) is 153 Å². The zero-order chi connectivity index (χ0) is 34.3. The number of amides is 4. The first-order valence-electron chi connectivity index (χ1n) is 14.6. The van der Waals surface area contributed by atoms with Crippen LogP contribution >= 0.6 is 21.6 Å². The summed E-state index contributed by atoms with van der Waals surface area (Å²) < 4.78 is 21.1. The van der Waals surface area contributed by atoms with Gasteiger partial charge in [0.25, 0.3) is 0 Å². The van der Waals surface area contributed by atoms with E-state index in [0.29, 0.717) is 11.5 Å². The fourth-order valence-electron chi connectivity index (χ4n) is 3.61. The Morgan fingerprint density at radius 3 is 1.22 bits per heavy atom. The SMILES string of the molecule is COc1ccc(CNC(=O)C(CSSCC(NC(=O)OC(C)(C)C)C(=O)NCc2ccc(OC)cc2)NC(=O)OC(C)(C)C)cc1. The molecular formula is C32H46N4O8S2. The molecule has 0 spiro atoms. The minimum Gasteiger partial charge on any atom is -0.497 e. The summed E-state index contributed by atoms with van der Waals surface area (Å²) in [6.07, 6.45) is -1.46. The number of alkyl carbamates (subject to hydrolysis) is 2. The van der Waals surface area contributed by atoms with Gasteiger partial charge >= 0.3 is 12.2 Å². The van der Waals surface area contributed by atoms with Crippen LogP contribution in [-0.4, -0.2) is 73.0 Å². The smallest absolute Gasteiger partial charge is 0.408 e. The van der Waals surface area contributed by atoms with E-state index in [1.807, 2.05) is 24.3 Å². The predicted molar refractivity (Wildman–Crippen MR) is 181 cm³/mol. The van der Waals surface area contributed by atoms with Gasteiger partial charge in [-0.15, -0.1) is 0 Å². The second-order valence-corrected chi connectivity index (χ2v) is 14.7. The van der Waals surface area contributed by atoms with Crippen LogP contribution in [0.1, 0.15) is 52.7 Å². The van der Waals surface area contributed by atoms with E-state index in [1.165, 1.54) is 21.6 Å². The van der Waals surface area contributed by atoms with Crippen molar-refractivity contribution in [3.63, 3.8) is 0 Å². The largest absolute Gasteiger partial charge is 0.497 e. The number of ether oxygens (including phenoxy) is 4. The van der Waals surface area contributed by atoms with Crippen molar-refractivity contribution in [1.82, 2.24) is 21.3 Å². The number of nitrogens with one attached hydrogen (secondary N) is 4. The van der Waals surface area contributed by atoms with Gasteiger partial charge in [0.2, 0.25) is 11.8 Å². The second kappa shape index (κ2) is 18.4. The summed E-state index contributed by atoms with van der Waals surface area (Å²) in [5.74, 6) is 0.894. The van der Waals surface area contributed by atoms with E-state index in [4.69, 9.17) is 18.9 Å². The van der Waals surface area contributed by atoms with Crippen LogP contribution in [0, 0.1) is 0 Å². The van der Waals surface area contributed by atoms with E-state index in [9.17, 15) is 19.2 Å². The van der Waals surface area contributed by atoms with Crippen molar-refractivity contribution in [3.8, 4) is 11.5 Å². The molecule has 0 aromatic heterocycles. The summed E-state index contributed by atoms with van der Waals surface area (Å²) in [6, 6.07) is 12.6. The van der Waals surface area contributed by atoms with Crippen LogP contribution in [0.25, 0.3) is 0 Å². The summed E-state index contributed by atoms with van der Waals surface area (Å²) in [6.45, 7) is 10.9. The number of rotatable bonds is 15. The molecule has 0 bridgehead atoms. The Balaban J connectivity index is 2.04. The fraction of sp³-hybridized carbons (Fsp3) is 0.500. The van der Waals surface area contributed by atoms with Gasteiger partial charge in [-0.25, -0.2) is 9.59 Å². The van der Waals surface area contributed by atoms with Crippen LogP contribution in [0.5, 0.6) is 11.5 Å². The molecule has 14 heteroatoms. The Hall–Kier alpha value is -3.78. The summed E-state index contributed by atoms with van der Waals surface area (Å²) in [5.41, 5.74) is 0.193. The molecule has 0 aliphatic rings. The van der Waals surface area contributed by atoms with Crippen LogP contribution in [0.3, 0.4) is 0 Å². The molecule has 4 N–H and O–H groups in total. The predicted octanol–water partition coefficient (Wildman–Crippen LogP) is 4.80. The highest BCUT2D eigenvalue weighted by Gasteiger charge is 2.27. The Labute approximate surface area is 279 Å². The molecule has 2 rings (SSSR count). The number of methoxy groups -OCH3 is 2. The molecule has 12 nitrogen and oxygen atoms in total. The number of hydrogen-bond donors (Lipinski definition) is 4. The van der Waals surface area contributed by atoms with Gasteiger partial charge in [0.05, 0.1) is 14.2 Å². The van der Waals surface area contributed by atoms with Crippen molar-refractivity contribution in [1.29, 1.82) is 0 Å². The second-order valence-electron chi connectivity index (χ2n) is 12.1. The third kappa shape index (κ3) is 15.5. The van der Waals surface area contributed by atoms with Crippen molar-refractivity contribution >= 4 is 45.6 Å². The number of carbonyl (C=O) groups excluding carboxylic acids is 4. The van der Waals surface area contributed by atoms with Crippen molar-refractivity contribution in [2.45, 2.75) is 77.9 Å². The minimum atomic E-state index is -0.938. The van der Waals surface area contributed by atoms with E-state index in [0.717, 1.165) is 11.1 Å². The molecule has 2 aromatic rings. The lowest BCUT2D eigenvalue weighted by Gasteiger charge is -2.24. The summed E-state index contributed by atoms with van der Waals surface area (Å²) >= 11 is 0. The molecule has 0 saturated heterocycles. The zero-order valence-corrected chi connectivity index (χ0v) is 29.3. The van der Waals surface area contributed by atoms with Crippen molar-refractivity contribution in [2.75, 3.05) is 25.7 Å². The Morgan fingerprint density at radius 2 is 0.935 bits per heavy atom. The van der Waals surface area contributed by atoms with Gasteiger partial charge in [0.15, 0.2) is 0 Å². The van der Waals surface area contributed by atoms with Crippen LogP contribution in [0.2, 0.25) is 0 Å². The highest BCUT2D eigenvalue weighted by Crippen LogP contribution is 2.24. The molecule has 0 heterocycles. The molecule has 2 atom stereocenters. The van der Waals surface area contributed by atoms with Crippen molar-refractivity contribution in [3.05, 3.63) is 59.7 Å². The molecule has 0 radical (unpaired) electrons. The third-order valence-electron chi connectivity index (χ3n) is 5.82. The molecule has 4 amide bonds. The maximum atomic E-state index is 13.1. The van der Waals surface area contributed by atoms with E-state index < -0.39 is 47.3 Å². The molecule has 0 fully saturated rings. The molecule has 254 valence electrons. The molecule has 0 aliphatic heterocycles. The first kappa shape index (κ1) is 38.4. The molecule has 2 unspecified atom stereocenters. The average Bonchev–Trinajstić information content (AvgIpc) is 2.98. The molecular weight excluding hydrogens is 633 g/mol. The van der Waals surface area contributed by atoms with Crippen LogP contribution < -0.4 is 30.7 Å². The Kier molecular flexibility index (Phi) is 15.4. The maximum Gasteiger partial charge on any atom is 0.408 e. The lowest BCUT2D eigenvalue weighted by molar-refractivity contribution is -0.123. The number of carbonyl (C=O) groups is 4. The van der Waals surface area contributed by atoms with Gasteiger partial charge in [-0.2, -0.15) is 0 Å². The zero-order valence-electron chi connectivity index (χ0n) is 27.7. The van der Waals surface area contributed by atoms with E-state index in [1.54, 1.807) is 80.0 Å². The lowest BCUT2D eigenvalue weighted by Crippen LogP contribution is -2.50. The maximum absolute atomic E-state index is 13.1. The van der Waals surface area contributed by atoms with Crippen molar-refractivity contribution in [2.24, 2.45) is 0 Å². The quantitative estimate of drug-likeness (QED) is 0.153. The van der Waals surface area contributed by atoms with Crippen LogP contribution in [0.15, 0.2) is 48.5 Å². The van der Waals surface area contributed by atoms with Crippen molar-refractivity contribution < 1.29 is 38.1 Å². The summed E-state index contributed by atoms with van der Waals surface area (Å²) in [5, 5.41) is 11.0. The van der Waals surface area contributed by atoms with E-state index in [2.05, 4.69) is 21.3 Å². The first-order valence-corrected chi connectivity index (χ1v) is 17.1. The van der Waals surface area contributed by atoms with Gasteiger partial charge in [0.1, 0.15) is 34.8 Å². The Bertz CT molecular complexity index is 1180. The molecule has 46 heavy (non-hydrogen) atoms. The van der Waals surface area contributed by atoms with Gasteiger partial charge < -0.3 is 40.2 Å². The highest BCUT2D eigenvalue weighted by molar-refractivity contribution is 8.76. The molecule has 0 saturated carbocycles. The monoisotopic (exact) mass is 678 g/mol. The number of hydrogen-bond acceptors (Lipinski definition) is 10. The molecule has 2 aromatic carbocycles. The van der Waals surface area contributed by atoms with Crippen LogP contribution in [0.4, 0.5) is 9.59 Å². The Morgan fingerprint density at radius 1 is 0.609 bits per heavy atom. The summed E-state index contributed by atoms with van der Waals surface area (Å²) in [4.78, 5) is 51.4. The van der Waals surface area contributed by atoms with E-state index in [-0.39, 0.29) is 24.6 Å². The molecule has 0 aliphatic carbocycles. The van der Waals surface area contributed by atoms with Gasteiger partial charge in [0, 0.05) is 24.6 Å². The minimum absolute atomic E-state index is 0.158. The standard InChI is InChI=1S/C32H46N4O8S2/c1-31(2,3)43-29(39)35-25(27(37)33-17-21-9-13-23(41-7)14-10-21)19-45-46-20-26(36-30(40)44-32(4,5)6)28(38)34-18-22-11-15-24(42-8)16-12-22/h9-16,25-26H,17-20H2,1-8H3,(H,33,37)(H,34,38)(H,35,39)(H,36,40). The summed E-state index contributed by atoms with van der Waals surface area (Å²) in [7, 11) is 5.67. The van der Waals surface area contributed by atoms with Gasteiger partial charge in [-0.1, -0.05) is 45.9 Å². The highest BCUT2D eigenvalue weighted by atomic mass is 33.1. The first-order chi connectivity index (χ1) is 21.6. The van der Waals surface area contributed by atoms with Crippen LogP contribution in [-0.2, 0) is 32.2 Å². The lowest BCUT2D eigenvalue weighted by atomic mass is 10.2. The third-order valence-corrected chi connectivity index (χ3v) is 8.24. The number of benzene rings is 2. The fourth-order valence-corrected chi connectivity index (χ4v) is 5.94.